The summed E-state index contributed by atoms with van der Waals surface area (Å²) >= 11 is 0. The van der Waals surface area contributed by atoms with Gasteiger partial charge in [-0.05, 0) is 44.0 Å². The summed E-state index contributed by atoms with van der Waals surface area (Å²) < 4.78 is 10.6. The molecule has 3 rings (SSSR count). The second-order valence-corrected chi connectivity index (χ2v) is 6.03. The lowest BCUT2D eigenvalue weighted by Crippen LogP contribution is -2.46. The Kier molecular flexibility index (Phi) is 4.93. The van der Waals surface area contributed by atoms with Crippen LogP contribution >= 0.6 is 0 Å². The zero-order valence-corrected chi connectivity index (χ0v) is 13.6. The van der Waals surface area contributed by atoms with E-state index in [1.807, 2.05) is 24.3 Å². The van der Waals surface area contributed by atoms with Crippen LogP contribution in [0.2, 0.25) is 0 Å². The van der Waals surface area contributed by atoms with Crippen LogP contribution in [0.25, 0.3) is 11.4 Å². The van der Waals surface area contributed by atoms with Crippen LogP contribution in [0.1, 0.15) is 32.1 Å². The first-order valence-corrected chi connectivity index (χ1v) is 8.05. The van der Waals surface area contributed by atoms with Crippen LogP contribution in [0.15, 0.2) is 28.8 Å². The van der Waals surface area contributed by atoms with Crippen LogP contribution in [-0.4, -0.2) is 45.9 Å². The van der Waals surface area contributed by atoms with Crippen molar-refractivity contribution in [3.05, 3.63) is 30.2 Å². The third-order valence-electron chi connectivity index (χ3n) is 4.54. The average Bonchev–Trinajstić information content (AvgIpc) is 3.05. The summed E-state index contributed by atoms with van der Waals surface area (Å²) in [5.41, 5.74) is 0.895. The molecule has 6 nitrogen and oxygen atoms in total. The minimum Gasteiger partial charge on any atom is -0.497 e. The van der Waals surface area contributed by atoms with Crippen LogP contribution in [0.3, 0.4) is 0 Å². The quantitative estimate of drug-likeness (QED) is 0.913. The van der Waals surface area contributed by atoms with E-state index in [1.165, 1.54) is 0 Å². The van der Waals surface area contributed by atoms with Crippen molar-refractivity contribution in [3.63, 3.8) is 0 Å². The molecule has 124 valence electrons. The Hall–Kier alpha value is -1.92. The van der Waals surface area contributed by atoms with E-state index >= 15 is 0 Å². The molecule has 0 aliphatic carbocycles. The standard InChI is InChI=1S/C17H23N3O3/c1-12-4-3-5-14(11-21)20(12)10-16-18-17(19-23-16)13-6-8-15(22-2)9-7-13/h6-9,12,14,21H,3-5,10-11H2,1-2H3. The molecule has 1 aliphatic rings. The van der Waals surface area contributed by atoms with E-state index in [0.717, 1.165) is 30.6 Å². The van der Waals surface area contributed by atoms with E-state index in [4.69, 9.17) is 9.26 Å². The van der Waals surface area contributed by atoms with Gasteiger partial charge in [0.1, 0.15) is 5.75 Å². The zero-order valence-electron chi connectivity index (χ0n) is 13.6. The predicted molar refractivity (Wildman–Crippen MR) is 86.0 cm³/mol. The Morgan fingerprint density at radius 1 is 1.30 bits per heavy atom. The monoisotopic (exact) mass is 317 g/mol. The van der Waals surface area contributed by atoms with E-state index in [1.54, 1.807) is 7.11 Å². The fourth-order valence-corrected chi connectivity index (χ4v) is 3.15. The van der Waals surface area contributed by atoms with Crippen molar-refractivity contribution in [2.24, 2.45) is 0 Å². The van der Waals surface area contributed by atoms with Gasteiger partial charge in [-0.3, -0.25) is 4.90 Å². The maximum Gasteiger partial charge on any atom is 0.241 e. The van der Waals surface area contributed by atoms with Crippen LogP contribution in [0, 0.1) is 0 Å². The number of ether oxygens (including phenoxy) is 1. The van der Waals surface area contributed by atoms with Crippen molar-refractivity contribution in [3.8, 4) is 17.1 Å². The van der Waals surface area contributed by atoms with Crippen molar-refractivity contribution in [2.75, 3.05) is 13.7 Å². The van der Waals surface area contributed by atoms with E-state index in [0.29, 0.717) is 24.3 Å². The van der Waals surface area contributed by atoms with Gasteiger partial charge in [-0.1, -0.05) is 11.6 Å². The van der Waals surface area contributed by atoms with Gasteiger partial charge in [0.2, 0.25) is 11.7 Å². The first kappa shape index (κ1) is 16.0. The molecule has 2 unspecified atom stereocenters. The van der Waals surface area contributed by atoms with Gasteiger partial charge in [-0.15, -0.1) is 0 Å². The maximum absolute atomic E-state index is 9.57. The fourth-order valence-electron chi connectivity index (χ4n) is 3.15. The van der Waals surface area contributed by atoms with Crippen LogP contribution in [-0.2, 0) is 6.54 Å². The molecule has 2 atom stereocenters. The Morgan fingerprint density at radius 2 is 2.09 bits per heavy atom. The molecule has 0 spiro atoms. The summed E-state index contributed by atoms with van der Waals surface area (Å²) in [6.45, 7) is 2.93. The molecule has 0 bridgehead atoms. The van der Waals surface area contributed by atoms with Crippen LogP contribution in [0.4, 0.5) is 0 Å². The summed E-state index contributed by atoms with van der Waals surface area (Å²) in [6, 6.07) is 8.16. The molecule has 0 radical (unpaired) electrons. The molecule has 1 saturated heterocycles. The van der Waals surface area contributed by atoms with Crippen molar-refractivity contribution in [1.29, 1.82) is 0 Å². The molecule has 2 heterocycles. The lowest BCUT2D eigenvalue weighted by atomic mass is 9.97. The number of aliphatic hydroxyl groups excluding tert-OH is 1. The Morgan fingerprint density at radius 3 is 2.78 bits per heavy atom. The number of aliphatic hydroxyl groups is 1. The topological polar surface area (TPSA) is 71.6 Å². The number of rotatable bonds is 5. The van der Waals surface area contributed by atoms with E-state index in [2.05, 4.69) is 22.0 Å². The van der Waals surface area contributed by atoms with Gasteiger partial charge in [0, 0.05) is 17.6 Å². The van der Waals surface area contributed by atoms with Gasteiger partial charge in [0.05, 0.1) is 20.3 Å². The molecule has 0 saturated carbocycles. The Balaban J connectivity index is 1.73. The molecule has 1 aromatic heterocycles. The van der Waals surface area contributed by atoms with Gasteiger partial charge < -0.3 is 14.4 Å². The number of hydrogen-bond acceptors (Lipinski definition) is 6. The van der Waals surface area contributed by atoms with E-state index < -0.39 is 0 Å². The molecular weight excluding hydrogens is 294 g/mol. The summed E-state index contributed by atoms with van der Waals surface area (Å²) in [4.78, 5) is 6.75. The smallest absolute Gasteiger partial charge is 0.241 e. The number of aromatic nitrogens is 2. The second-order valence-electron chi connectivity index (χ2n) is 6.03. The van der Waals surface area contributed by atoms with Gasteiger partial charge >= 0.3 is 0 Å². The molecule has 1 N–H and O–H groups in total. The molecule has 1 aliphatic heterocycles. The van der Waals surface area contributed by atoms with Crippen LogP contribution < -0.4 is 4.74 Å². The maximum atomic E-state index is 9.57. The first-order valence-electron chi connectivity index (χ1n) is 8.05. The molecule has 2 aromatic rings. The number of benzene rings is 1. The van der Waals surface area contributed by atoms with Crippen molar-refractivity contribution < 1.29 is 14.4 Å². The number of hydrogen-bond donors (Lipinski definition) is 1. The molecular formula is C17H23N3O3. The zero-order chi connectivity index (χ0) is 16.2. The lowest BCUT2D eigenvalue weighted by molar-refractivity contribution is 0.0370. The summed E-state index contributed by atoms with van der Waals surface area (Å²) in [6.07, 6.45) is 3.31. The van der Waals surface area contributed by atoms with Crippen molar-refractivity contribution >= 4 is 0 Å². The molecule has 23 heavy (non-hydrogen) atoms. The highest BCUT2D eigenvalue weighted by Gasteiger charge is 2.28. The first-order chi connectivity index (χ1) is 11.2. The van der Waals surface area contributed by atoms with Crippen molar-refractivity contribution in [2.45, 2.75) is 44.8 Å². The van der Waals surface area contributed by atoms with Gasteiger partial charge in [-0.2, -0.15) is 4.98 Å². The minimum atomic E-state index is 0.170. The third-order valence-corrected chi connectivity index (χ3v) is 4.54. The SMILES string of the molecule is COc1ccc(-c2noc(CN3C(C)CCCC3CO)n2)cc1. The Labute approximate surface area is 136 Å². The van der Waals surface area contributed by atoms with Gasteiger partial charge in [0.25, 0.3) is 0 Å². The number of likely N-dealkylation sites (tertiary alicyclic amines) is 1. The highest BCUT2D eigenvalue weighted by Crippen LogP contribution is 2.25. The minimum absolute atomic E-state index is 0.170. The fraction of sp³-hybridized carbons (Fsp3) is 0.529. The highest BCUT2D eigenvalue weighted by molar-refractivity contribution is 5.55. The predicted octanol–water partition coefficient (Wildman–Crippen LogP) is 2.48. The normalized spacial score (nSPS) is 22.2. The van der Waals surface area contributed by atoms with Gasteiger partial charge in [0.15, 0.2) is 0 Å². The molecule has 1 aromatic carbocycles. The average molecular weight is 317 g/mol. The summed E-state index contributed by atoms with van der Waals surface area (Å²) in [5, 5.41) is 13.6. The highest BCUT2D eigenvalue weighted by atomic mass is 16.5. The van der Waals surface area contributed by atoms with Gasteiger partial charge in [-0.25, -0.2) is 0 Å². The third kappa shape index (κ3) is 3.54. The number of piperidine rings is 1. The molecule has 6 heteroatoms. The van der Waals surface area contributed by atoms with Crippen molar-refractivity contribution in [1.82, 2.24) is 15.0 Å². The number of nitrogens with zero attached hydrogens (tertiary/aromatic N) is 3. The van der Waals surface area contributed by atoms with Crippen LogP contribution in [0.5, 0.6) is 5.75 Å². The summed E-state index contributed by atoms with van der Waals surface area (Å²) in [7, 11) is 1.64. The van der Waals surface area contributed by atoms with E-state index in [9.17, 15) is 5.11 Å². The molecule has 1 fully saturated rings. The second kappa shape index (κ2) is 7.10. The summed E-state index contributed by atoms with van der Waals surface area (Å²) in [5.74, 6) is 1.96. The Bertz CT molecular complexity index is 626. The van der Waals surface area contributed by atoms with E-state index in [-0.39, 0.29) is 12.6 Å². The number of methoxy groups -OCH3 is 1. The lowest BCUT2D eigenvalue weighted by Gasteiger charge is -2.38. The molecule has 0 amide bonds. The largest absolute Gasteiger partial charge is 0.497 e.